The number of nitro groups is 1. The van der Waals surface area contributed by atoms with Crippen LogP contribution in [0.15, 0.2) is 0 Å². The summed E-state index contributed by atoms with van der Waals surface area (Å²) in [6.45, 7) is 5.16. The van der Waals surface area contributed by atoms with Gasteiger partial charge in [0.1, 0.15) is 5.69 Å². The minimum absolute atomic E-state index is 0.0162. The fraction of sp³-hybridized carbons (Fsp3) is 0.571. The van der Waals surface area contributed by atoms with Gasteiger partial charge in [0.25, 0.3) is 0 Å². The van der Waals surface area contributed by atoms with Gasteiger partial charge < -0.3 is 0 Å². The van der Waals surface area contributed by atoms with Crippen LogP contribution in [0.4, 0.5) is 11.5 Å². The molecular formula is C7H12N4O3. The summed E-state index contributed by atoms with van der Waals surface area (Å²) in [7, 11) is 0. The topological polar surface area (TPSA) is 93.2 Å². The predicted molar refractivity (Wildman–Crippen MR) is 49.4 cm³/mol. The van der Waals surface area contributed by atoms with Gasteiger partial charge in [0.2, 0.25) is 5.82 Å². The smallest absolute Gasteiger partial charge is 0.290 e. The lowest BCUT2D eigenvalue weighted by atomic mass is 10.3. The van der Waals surface area contributed by atoms with Gasteiger partial charge in [-0.1, -0.05) is 0 Å². The van der Waals surface area contributed by atoms with Gasteiger partial charge in [-0.15, -0.1) is 0 Å². The summed E-state index contributed by atoms with van der Waals surface area (Å²) < 4.78 is 1.37. The number of hydrogen-bond acceptors (Lipinski definition) is 5. The lowest BCUT2D eigenvalue weighted by molar-refractivity contribution is -0.384. The first kappa shape index (κ1) is 10.5. The Balaban J connectivity index is 3.35. The van der Waals surface area contributed by atoms with Gasteiger partial charge in [-0.3, -0.25) is 15.3 Å². The Morgan fingerprint density at radius 1 is 1.64 bits per heavy atom. The molecule has 78 valence electrons. The molecule has 0 aliphatic rings. The Hall–Kier alpha value is -1.63. The minimum atomic E-state index is -0.570. The van der Waals surface area contributed by atoms with Crippen molar-refractivity contribution in [1.82, 2.24) is 9.78 Å². The second-order valence-electron chi connectivity index (χ2n) is 3.19. The van der Waals surface area contributed by atoms with Crippen LogP contribution in [-0.2, 0) is 0 Å². The van der Waals surface area contributed by atoms with Crippen LogP contribution in [0.3, 0.4) is 0 Å². The third-order valence-electron chi connectivity index (χ3n) is 1.83. The van der Waals surface area contributed by atoms with Gasteiger partial charge in [-0.2, -0.15) is 5.10 Å². The van der Waals surface area contributed by atoms with Crippen LogP contribution in [0.1, 0.15) is 25.6 Å². The molecule has 1 heterocycles. The number of aryl methyl sites for hydroxylation is 1. The molecule has 0 bridgehead atoms. The van der Waals surface area contributed by atoms with Crippen molar-refractivity contribution in [1.29, 1.82) is 0 Å². The Morgan fingerprint density at radius 2 is 2.21 bits per heavy atom. The first-order chi connectivity index (χ1) is 6.49. The molecule has 0 aliphatic heterocycles. The van der Waals surface area contributed by atoms with E-state index in [4.69, 9.17) is 5.21 Å². The molecule has 0 atom stereocenters. The molecule has 0 spiro atoms. The van der Waals surface area contributed by atoms with Gasteiger partial charge in [0.15, 0.2) is 0 Å². The first-order valence-corrected chi connectivity index (χ1v) is 4.12. The Morgan fingerprint density at radius 3 is 2.57 bits per heavy atom. The lowest BCUT2D eigenvalue weighted by Gasteiger charge is -2.07. The molecule has 0 saturated heterocycles. The van der Waals surface area contributed by atoms with E-state index in [1.54, 1.807) is 5.48 Å². The van der Waals surface area contributed by atoms with E-state index < -0.39 is 4.92 Å². The van der Waals surface area contributed by atoms with Gasteiger partial charge in [-0.25, -0.2) is 10.2 Å². The molecule has 0 unspecified atom stereocenters. The number of hydrogen-bond donors (Lipinski definition) is 2. The van der Waals surface area contributed by atoms with Gasteiger partial charge in [0, 0.05) is 6.04 Å². The highest BCUT2D eigenvalue weighted by Crippen LogP contribution is 2.29. The quantitative estimate of drug-likeness (QED) is 0.569. The molecule has 1 aromatic rings. The Labute approximate surface area is 80.4 Å². The minimum Gasteiger partial charge on any atom is -0.290 e. The van der Waals surface area contributed by atoms with Crippen LogP contribution in [-0.4, -0.2) is 19.9 Å². The van der Waals surface area contributed by atoms with Crippen molar-refractivity contribution in [2.24, 2.45) is 0 Å². The summed E-state index contributed by atoms with van der Waals surface area (Å²) in [5.41, 5.74) is 1.89. The van der Waals surface area contributed by atoms with Crippen LogP contribution in [0.5, 0.6) is 0 Å². The highest BCUT2D eigenvalue weighted by Gasteiger charge is 2.25. The van der Waals surface area contributed by atoms with E-state index >= 15 is 0 Å². The summed E-state index contributed by atoms with van der Waals surface area (Å²) >= 11 is 0. The van der Waals surface area contributed by atoms with Crippen molar-refractivity contribution in [3.8, 4) is 0 Å². The first-order valence-electron chi connectivity index (χ1n) is 4.12. The highest BCUT2D eigenvalue weighted by atomic mass is 16.6. The van der Waals surface area contributed by atoms with E-state index in [0.29, 0.717) is 0 Å². The van der Waals surface area contributed by atoms with E-state index in [0.717, 1.165) is 0 Å². The largest absolute Gasteiger partial charge is 0.335 e. The van der Waals surface area contributed by atoms with E-state index in [-0.39, 0.29) is 23.2 Å². The zero-order chi connectivity index (χ0) is 10.9. The summed E-state index contributed by atoms with van der Waals surface area (Å²) in [6.07, 6.45) is 0. The van der Waals surface area contributed by atoms with E-state index in [9.17, 15) is 10.1 Å². The highest BCUT2D eigenvalue weighted by molar-refractivity contribution is 5.58. The molecule has 7 heteroatoms. The monoisotopic (exact) mass is 200 g/mol. The predicted octanol–water partition coefficient (Wildman–Crippen LogP) is 1.48. The zero-order valence-electron chi connectivity index (χ0n) is 8.18. The average molecular weight is 200 g/mol. The van der Waals surface area contributed by atoms with Crippen molar-refractivity contribution in [3.05, 3.63) is 15.8 Å². The van der Waals surface area contributed by atoms with Gasteiger partial charge >= 0.3 is 5.69 Å². The standard InChI is InChI=1S/C7H12N4O3/c1-4(2)10-7(9-12)6(11(13)14)5(3)8-10/h4,9,12H,1-3H3. The van der Waals surface area contributed by atoms with E-state index in [1.807, 2.05) is 13.8 Å². The molecule has 2 N–H and O–H groups in total. The summed E-state index contributed by atoms with van der Waals surface area (Å²) in [5.74, 6) is 0.0162. The van der Waals surface area contributed by atoms with E-state index in [2.05, 4.69) is 5.10 Å². The normalized spacial score (nSPS) is 10.6. The third kappa shape index (κ3) is 1.53. The number of aromatic nitrogens is 2. The summed E-state index contributed by atoms with van der Waals surface area (Å²) in [6, 6.07) is -0.0583. The van der Waals surface area contributed by atoms with Crippen molar-refractivity contribution in [2.45, 2.75) is 26.8 Å². The maximum Gasteiger partial charge on any atom is 0.335 e. The number of anilines is 1. The van der Waals surface area contributed by atoms with Crippen molar-refractivity contribution in [2.75, 3.05) is 5.48 Å². The van der Waals surface area contributed by atoms with Crippen LogP contribution >= 0.6 is 0 Å². The number of nitrogens with one attached hydrogen (secondary N) is 1. The number of rotatable bonds is 3. The second kappa shape index (κ2) is 3.62. The van der Waals surface area contributed by atoms with Gasteiger partial charge in [0.05, 0.1) is 4.92 Å². The van der Waals surface area contributed by atoms with Crippen molar-refractivity contribution < 1.29 is 10.1 Å². The summed E-state index contributed by atoms with van der Waals surface area (Å²) in [5, 5.41) is 23.4. The molecule has 1 aromatic heterocycles. The average Bonchev–Trinajstić information content (AvgIpc) is 2.41. The maximum atomic E-state index is 10.6. The fourth-order valence-corrected chi connectivity index (χ4v) is 1.24. The molecular weight excluding hydrogens is 188 g/mol. The van der Waals surface area contributed by atoms with Crippen LogP contribution in [0.2, 0.25) is 0 Å². The molecule has 0 fully saturated rings. The zero-order valence-corrected chi connectivity index (χ0v) is 8.18. The molecule has 7 nitrogen and oxygen atoms in total. The second-order valence-corrected chi connectivity index (χ2v) is 3.19. The third-order valence-corrected chi connectivity index (χ3v) is 1.83. The maximum absolute atomic E-state index is 10.6. The molecule has 14 heavy (non-hydrogen) atoms. The van der Waals surface area contributed by atoms with Crippen LogP contribution in [0.25, 0.3) is 0 Å². The molecule has 0 amide bonds. The molecule has 1 rings (SSSR count). The molecule has 0 aromatic carbocycles. The summed E-state index contributed by atoms with van der Waals surface area (Å²) in [4.78, 5) is 10.1. The Bertz CT molecular complexity index is 358. The molecule has 0 aliphatic carbocycles. The molecule has 0 saturated carbocycles. The molecule has 0 radical (unpaired) electrons. The van der Waals surface area contributed by atoms with E-state index in [1.165, 1.54) is 11.6 Å². The van der Waals surface area contributed by atoms with Crippen LogP contribution in [0, 0.1) is 17.0 Å². The van der Waals surface area contributed by atoms with Crippen LogP contribution < -0.4 is 5.48 Å². The fourth-order valence-electron chi connectivity index (χ4n) is 1.24. The van der Waals surface area contributed by atoms with Crippen molar-refractivity contribution >= 4 is 11.5 Å². The number of nitrogens with zero attached hydrogens (tertiary/aromatic N) is 3. The van der Waals surface area contributed by atoms with Crippen molar-refractivity contribution in [3.63, 3.8) is 0 Å². The SMILES string of the molecule is Cc1nn(C(C)C)c(NO)c1[N+](=O)[O-]. The van der Waals surface area contributed by atoms with Gasteiger partial charge in [-0.05, 0) is 20.8 Å². The lowest BCUT2D eigenvalue weighted by Crippen LogP contribution is -2.08. The Kier molecular flexibility index (Phi) is 2.70.